The zero-order chi connectivity index (χ0) is 26.9. The van der Waals surface area contributed by atoms with Crippen LogP contribution in [-0.4, -0.2) is 69.2 Å². The second-order valence-electron chi connectivity index (χ2n) is 11.3. The zero-order valence-corrected chi connectivity index (χ0v) is 23.6. The van der Waals surface area contributed by atoms with Crippen molar-refractivity contribution in [3.05, 3.63) is 23.9 Å². The number of sulfonamides is 1. The van der Waals surface area contributed by atoms with Crippen molar-refractivity contribution in [2.75, 3.05) is 26.0 Å². The van der Waals surface area contributed by atoms with Crippen LogP contribution in [0.3, 0.4) is 0 Å². The fourth-order valence-electron chi connectivity index (χ4n) is 4.99. The van der Waals surface area contributed by atoms with Gasteiger partial charge in [-0.3, -0.25) is 4.79 Å². The van der Waals surface area contributed by atoms with Gasteiger partial charge in [-0.05, 0) is 84.7 Å². The van der Waals surface area contributed by atoms with E-state index in [-0.39, 0.29) is 24.2 Å². The Balaban J connectivity index is 1.37. The van der Waals surface area contributed by atoms with Crippen molar-refractivity contribution < 1.29 is 27.4 Å². The Morgan fingerprint density at radius 2 is 1.89 bits per heavy atom. The molecular weight excluding hydrogens is 494 g/mol. The molecule has 2 heterocycles. The summed E-state index contributed by atoms with van der Waals surface area (Å²) in [6, 6.07) is 5.81. The Bertz CT molecular complexity index is 957. The molecule has 10 heteroatoms. The van der Waals surface area contributed by atoms with E-state index in [0.29, 0.717) is 31.4 Å². The van der Waals surface area contributed by atoms with Crippen molar-refractivity contribution in [1.82, 2.24) is 15.0 Å². The van der Waals surface area contributed by atoms with Crippen molar-refractivity contribution in [3.8, 4) is 5.88 Å². The number of esters is 1. The number of aromatic nitrogens is 1. The molecule has 9 nitrogen and oxygen atoms in total. The van der Waals surface area contributed by atoms with Crippen LogP contribution >= 0.6 is 0 Å². The molecule has 2 atom stereocenters. The number of pyridine rings is 1. The molecule has 1 saturated heterocycles. The minimum atomic E-state index is -3.24. The van der Waals surface area contributed by atoms with E-state index in [0.717, 1.165) is 63.6 Å². The Hall–Kier alpha value is -1.75. The third-order valence-electron chi connectivity index (χ3n) is 6.74. The number of piperidine rings is 1. The number of unbranched alkanes of at least 4 members (excludes halogenated alkanes) is 1. The van der Waals surface area contributed by atoms with Gasteiger partial charge in [0.05, 0.1) is 25.6 Å². The summed E-state index contributed by atoms with van der Waals surface area (Å²) in [7, 11) is -3.24. The third-order valence-corrected chi connectivity index (χ3v) is 7.47. The molecule has 1 aromatic rings. The van der Waals surface area contributed by atoms with E-state index in [9.17, 15) is 13.2 Å². The summed E-state index contributed by atoms with van der Waals surface area (Å²) in [6.07, 6.45) is 8.98. The molecule has 2 aliphatic rings. The number of hydrogen-bond donors (Lipinski definition) is 2. The lowest BCUT2D eigenvalue weighted by atomic mass is 9.85. The lowest BCUT2D eigenvalue weighted by Crippen LogP contribution is -2.55. The monoisotopic (exact) mass is 539 g/mol. The second kappa shape index (κ2) is 13.9. The van der Waals surface area contributed by atoms with Crippen molar-refractivity contribution in [2.45, 2.75) is 108 Å². The minimum absolute atomic E-state index is 0.000769. The summed E-state index contributed by atoms with van der Waals surface area (Å²) in [5, 5.41) is 3.41. The molecule has 2 fully saturated rings. The standard InChI is InChI=1S/C27H45N3O6S/c1-27(2,3)36-26(31)12-5-6-18-34-25-11-7-9-22(29-25)20-13-15-21(16-14-20)35-19-24-23(10-8-17-28-24)30-37(4,32)33/h7,9,11,20-21,23-24,28,30H,5-6,8,10,12-19H2,1-4H3. The topological polar surface area (TPSA) is 116 Å². The van der Waals surface area contributed by atoms with Crippen LogP contribution in [-0.2, 0) is 24.3 Å². The maximum absolute atomic E-state index is 11.8. The van der Waals surface area contributed by atoms with Gasteiger partial charge in [-0.15, -0.1) is 0 Å². The molecular formula is C27H45N3O6S. The molecule has 1 aromatic heterocycles. The predicted molar refractivity (Wildman–Crippen MR) is 143 cm³/mol. The SMILES string of the molecule is CC(C)(C)OC(=O)CCCCOc1cccc(C2CCC(OCC3NCCCC3NS(C)(=O)=O)CC2)n1. The highest BCUT2D eigenvalue weighted by Gasteiger charge is 2.30. The van der Waals surface area contributed by atoms with Crippen LogP contribution in [0, 0.1) is 0 Å². The molecule has 37 heavy (non-hydrogen) atoms. The summed E-state index contributed by atoms with van der Waals surface area (Å²) in [5.41, 5.74) is 0.604. The van der Waals surface area contributed by atoms with E-state index in [1.54, 1.807) is 0 Å². The lowest BCUT2D eigenvalue weighted by Gasteiger charge is -2.35. The van der Waals surface area contributed by atoms with E-state index in [1.165, 1.54) is 6.26 Å². The smallest absolute Gasteiger partial charge is 0.306 e. The van der Waals surface area contributed by atoms with Gasteiger partial charge < -0.3 is 19.5 Å². The molecule has 2 unspecified atom stereocenters. The fraction of sp³-hybridized carbons (Fsp3) is 0.778. The number of nitrogens with one attached hydrogen (secondary N) is 2. The van der Waals surface area contributed by atoms with Crippen LogP contribution in [0.4, 0.5) is 0 Å². The van der Waals surface area contributed by atoms with Gasteiger partial charge in [0.1, 0.15) is 5.60 Å². The van der Waals surface area contributed by atoms with Gasteiger partial charge in [-0.25, -0.2) is 18.1 Å². The van der Waals surface area contributed by atoms with Crippen molar-refractivity contribution >= 4 is 16.0 Å². The Labute approximate surface area is 222 Å². The minimum Gasteiger partial charge on any atom is -0.478 e. The number of carbonyl (C=O) groups excluding carboxylic acids is 1. The van der Waals surface area contributed by atoms with Crippen LogP contribution in [0.2, 0.25) is 0 Å². The van der Waals surface area contributed by atoms with Crippen molar-refractivity contribution in [2.24, 2.45) is 0 Å². The van der Waals surface area contributed by atoms with Gasteiger partial charge in [0.2, 0.25) is 15.9 Å². The molecule has 0 aromatic carbocycles. The van der Waals surface area contributed by atoms with E-state index in [4.69, 9.17) is 19.2 Å². The van der Waals surface area contributed by atoms with E-state index >= 15 is 0 Å². The van der Waals surface area contributed by atoms with Crippen LogP contribution in [0.25, 0.3) is 0 Å². The van der Waals surface area contributed by atoms with Crippen molar-refractivity contribution in [1.29, 1.82) is 0 Å². The first kappa shape index (κ1) is 29.8. The van der Waals surface area contributed by atoms with Crippen LogP contribution in [0.5, 0.6) is 5.88 Å². The predicted octanol–water partition coefficient (Wildman–Crippen LogP) is 3.69. The first-order valence-corrected chi connectivity index (χ1v) is 15.5. The molecule has 1 aliphatic carbocycles. The summed E-state index contributed by atoms with van der Waals surface area (Å²) in [4.78, 5) is 16.5. The van der Waals surface area contributed by atoms with Gasteiger partial charge in [0.15, 0.2) is 0 Å². The molecule has 1 saturated carbocycles. The maximum Gasteiger partial charge on any atom is 0.306 e. The Morgan fingerprint density at radius 3 is 2.59 bits per heavy atom. The summed E-state index contributed by atoms with van der Waals surface area (Å²) < 4.78 is 43.5. The van der Waals surface area contributed by atoms with Gasteiger partial charge in [0.25, 0.3) is 0 Å². The zero-order valence-electron chi connectivity index (χ0n) is 22.8. The summed E-state index contributed by atoms with van der Waals surface area (Å²) in [5.74, 6) is 0.830. The lowest BCUT2D eigenvalue weighted by molar-refractivity contribution is -0.154. The average Bonchev–Trinajstić information content (AvgIpc) is 2.82. The highest BCUT2D eigenvalue weighted by atomic mass is 32.2. The first-order valence-electron chi connectivity index (χ1n) is 13.6. The molecule has 2 N–H and O–H groups in total. The molecule has 1 aliphatic heterocycles. The number of rotatable bonds is 12. The van der Waals surface area contributed by atoms with Crippen molar-refractivity contribution in [3.63, 3.8) is 0 Å². The van der Waals surface area contributed by atoms with E-state index in [2.05, 4.69) is 16.1 Å². The molecule has 210 valence electrons. The average molecular weight is 540 g/mol. The van der Waals surface area contributed by atoms with Gasteiger partial charge in [-0.1, -0.05) is 6.07 Å². The summed E-state index contributed by atoms with van der Waals surface area (Å²) >= 11 is 0. The molecule has 0 radical (unpaired) electrons. The summed E-state index contributed by atoms with van der Waals surface area (Å²) in [6.45, 7) is 7.53. The number of ether oxygens (including phenoxy) is 3. The molecule has 3 rings (SSSR count). The van der Waals surface area contributed by atoms with Crippen LogP contribution in [0.15, 0.2) is 18.2 Å². The third kappa shape index (κ3) is 11.3. The first-order chi connectivity index (χ1) is 17.5. The fourth-order valence-corrected chi connectivity index (χ4v) is 5.82. The Morgan fingerprint density at radius 1 is 1.14 bits per heavy atom. The van der Waals surface area contributed by atoms with Crippen LogP contribution in [0.1, 0.15) is 90.2 Å². The number of hydrogen-bond acceptors (Lipinski definition) is 8. The highest BCUT2D eigenvalue weighted by molar-refractivity contribution is 7.88. The van der Waals surface area contributed by atoms with Gasteiger partial charge in [0, 0.05) is 36.2 Å². The largest absolute Gasteiger partial charge is 0.478 e. The molecule has 0 spiro atoms. The van der Waals surface area contributed by atoms with Crippen LogP contribution < -0.4 is 14.8 Å². The quantitative estimate of drug-likeness (QED) is 0.305. The maximum atomic E-state index is 11.8. The van der Waals surface area contributed by atoms with E-state index in [1.807, 2.05) is 32.9 Å². The van der Waals surface area contributed by atoms with Gasteiger partial charge >= 0.3 is 5.97 Å². The number of carbonyl (C=O) groups is 1. The second-order valence-corrected chi connectivity index (χ2v) is 13.1. The Kier molecular flexibility index (Phi) is 11.2. The normalized spacial score (nSPS) is 25.0. The highest BCUT2D eigenvalue weighted by Crippen LogP contribution is 2.34. The number of nitrogens with zero attached hydrogens (tertiary/aromatic N) is 1. The molecule has 0 bridgehead atoms. The molecule has 0 amide bonds. The van der Waals surface area contributed by atoms with E-state index < -0.39 is 15.6 Å². The van der Waals surface area contributed by atoms with Gasteiger partial charge in [-0.2, -0.15) is 0 Å².